The van der Waals surface area contributed by atoms with Crippen LogP contribution in [0.5, 0.6) is 11.5 Å². The summed E-state index contributed by atoms with van der Waals surface area (Å²) in [6, 6.07) is 4.72. The normalized spacial score (nSPS) is 13.4. The third-order valence-electron chi connectivity index (χ3n) is 5.16. The average molecular weight is 460 g/mol. The van der Waals surface area contributed by atoms with E-state index in [9.17, 15) is 14.4 Å². The van der Waals surface area contributed by atoms with E-state index >= 15 is 0 Å². The second-order valence-corrected chi connectivity index (χ2v) is 7.35. The molecule has 3 N–H and O–H groups in total. The van der Waals surface area contributed by atoms with Crippen LogP contribution in [0.1, 0.15) is 35.0 Å². The minimum absolute atomic E-state index is 0.00931. The van der Waals surface area contributed by atoms with Gasteiger partial charge in [-0.15, -0.1) is 0 Å². The fourth-order valence-electron chi connectivity index (χ4n) is 3.40. The first-order valence-electron chi connectivity index (χ1n) is 10.8. The summed E-state index contributed by atoms with van der Waals surface area (Å²) in [5.41, 5.74) is 5.75. The number of hydrogen-bond acceptors (Lipinski definition) is 8. The molecule has 178 valence electrons. The van der Waals surface area contributed by atoms with Crippen molar-refractivity contribution >= 4 is 17.8 Å². The van der Waals surface area contributed by atoms with Crippen molar-refractivity contribution < 1.29 is 23.8 Å². The van der Waals surface area contributed by atoms with Crippen LogP contribution in [0.3, 0.4) is 0 Å². The van der Waals surface area contributed by atoms with Crippen LogP contribution in [0.15, 0.2) is 23.0 Å². The maximum absolute atomic E-state index is 12.5. The highest BCUT2D eigenvalue weighted by molar-refractivity contribution is 5.96. The Hall–Kier alpha value is -3.60. The molecule has 0 spiro atoms. The molecule has 33 heavy (non-hydrogen) atoms. The van der Waals surface area contributed by atoms with Crippen LogP contribution >= 0.6 is 0 Å². The second kappa shape index (κ2) is 11.3. The molecule has 0 atom stereocenters. The lowest BCUT2D eigenvalue weighted by molar-refractivity contribution is -0.121. The SMILES string of the molecule is CCOc1ccc(C(=O)NNC(=O)CCc2c(C)nc(N3CCOCC3)[nH]c2=O)cc1OC. The molecule has 0 aliphatic carbocycles. The largest absolute Gasteiger partial charge is 0.493 e. The van der Waals surface area contributed by atoms with Crippen LogP contribution in [0.2, 0.25) is 0 Å². The first-order chi connectivity index (χ1) is 15.9. The molecule has 0 unspecified atom stereocenters. The van der Waals surface area contributed by atoms with Gasteiger partial charge in [-0.3, -0.25) is 30.2 Å². The Morgan fingerprint density at radius 2 is 1.97 bits per heavy atom. The number of ether oxygens (including phenoxy) is 3. The van der Waals surface area contributed by atoms with Crippen LogP contribution in [0.25, 0.3) is 0 Å². The van der Waals surface area contributed by atoms with Gasteiger partial charge in [-0.2, -0.15) is 0 Å². The van der Waals surface area contributed by atoms with Gasteiger partial charge in [0.05, 0.1) is 26.9 Å². The molecule has 1 aliphatic rings. The van der Waals surface area contributed by atoms with Crippen molar-refractivity contribution in [3.8, 4) is 11.5 Å². The summed E-state index contributed by atoms with van der Waals surface area (Å²) < 4.78 is 16.0. The third-order valence-corrected chi connectivity index (χ3v) is 5.16. The number of nitrogens with zero attached hydrogens (tertiary/aromatic N) is 2. The fourth-order valence-corrected chi connectivity index (χ4v) is 3.40. The van der Waals surface area contributed by atoms with Crippen molar-refractivity contribution in [3.05, 3.63) is 45.4 Å². The number of carbonyl (C=O) groups is 2. The topological polar surface area (TPSA) is 135 Å². The number of amides is 2. The molecule has 0 bridgehead atoms. The summed E-state index contributed by atoms with van der Waals surface area (Å²) >= 11 is 0. The van der Waals surface area contributed by atoms with Crippen molar-refractivity contribution in [2.45, 2.75) is 26.7 Å². The van der Waals surface area contributed by atoms with Gasteiger partial charge in [-0.25, -0.2) is 4.98 Å². The highest BCUT2D eigenvalue weighted by Crippen LogP contribution is 2.27. The Kier molecular flexibility index (Phi) is 8.25. The van der Waals surface area contributed by atoms with Gasteiger partial charge in [0.15, 0.2) is 11.5 Å². The number of aromatic nitrogens is 2. The smallest absolute Gasteiger partial charge is 0.269 e. The van der Waals surface area contributed by atoms with E-state index in [1.807, 2.05) is 11.8 Å². The van der Waals surface area contributed by atoms with Crippen molar-refractivity contribution in [1.29, 1.82) is 0 Å². The monoisotopic (exact) mass is 459 g/mol. The lowest BCUT2D eigenvalue weighted by atomic mass is 10.1. The molecule has 1 aromatic heterocycles. The number of nitrogens with one attached hydrogen (secondary N) is 3. The molecule has 1 aromatic carbocycles. The quantitative estimate of drug-likeness (QED) is 0.492. The van der Waals surface area contributed by atoms with Crippen molar-refractivity contribution in [1.82, 2.24) is 20.8 Å². The number of hydrazine groups is 1. The molecular formula is C22H29N5O6. The number of anilines is 1. The highest BCUT2D eigenvalue weighted by Gasteiger charge is 2.17. The molecule has 2 aromatic rings. The van der Waals surface area contributed by atoms with Gasteiger partial charge < -0.3 is 19.1 Å². The number of hydrogen-bond donors (Lipinski definition) is 3. The highest BCUT2D eigenvalue weighted by atomic mass is 16.5. The summed E-state index contributed by atoms with van der Waals surface area (Å²) in [6.07, 6.45) is 0.200. The first kappa shape index (κ1) is 24.1. The number of aryl methyl sites for hydroxylation is 1. The van der Waals surface area contributed by atoms with Gasteiger partial charge in [0.1, 0.15) is 0 Å². The van der Waals surface area contributed by atoms with Gasteiger partial charge in [-0.1, -0.05) is 0 Å². The van der Waals surface area contributed by atoms with Crippen LogP contribution in [0.4, 0.5) is 5.95 Å². The summed E-state index contributed by atoms with van der Waals surface area (Å²) in [7, 11) is 1.48. The number of aromatic amines is 1. The van der Waals surface area contributed by atoms with Gasteiger partial charge >= 0.3 is 0 Å². The average Bonchev–Trinajstić information content (AvgIpc) is 2.82. The zero-order valence-electron chi connectivity index (χ0n) is 19.0. The second-order valence-electron chi connectivity index (χ2n) is 7.35. The van der Waals surface area contributed by atoms with E-state index < -0.39 is 11.8 Å². The molecule has 1 fully saturated rings. The molecular weight excluding hydrogens is 430 g/mol. The van der Waals surface area contributed by atoms with Gasteiger partial charge in [0.25, 0.3) is 11.5 Å². The minimum atomic E-state index is -0.504. The van der Waals surface area contributed by atoms with E-state index in [-0.39, 0.29) is 18.4 Å². The fraction of sp³-hybridized carbons (Fsp3) is 0.455. The maximum atomic E-state index is 12.5. The molecule has 11 nitrogen and oxygen atoms in total. The molecule has 2 heterocycles. The zero-order chi connectivity index (χ0) is 23.8. The number of carbonyl (C=O) groups excluding carboxylic acids is 2. The number of H-pyrrole nitrogens is 1. The van der Waals surface area contributed by atoms with Crippen LogP contribution in [0, 0.1) is 6.92 Å². The molecule has 3 rings (SSSR count). The molecule has 0 radical (unpaired) electrons. The standard InChI is InChI=1S/C22H29N5O6/c1-4-33-17-7-5-15(13-18(17)31-3)20(29)26-25-19(28)8-6-16-14(2)23-22(24-21(16)30)27-9-11-32-12-10-27/h5,7,13H,4,6,8-12H2,1-3H3,(H,25,28)(H,26,29)(H,23,24,30). The van der Waals surface area contributed by atoms with E-state index in [4.69, 9.17) is 14.2 Å². The lowest BCUT2D eigenvalue weighted by Gasteiger charge is -2.27. The van der Waals surface area contributed by atoms with E-state index in [0.717, 1.165) is 0 Å². The van der Waals surface area contributed by atoms with Gasteiger partial charge in [0, 0.05) is 36.3 Å². The predicted molar refractivity (Wildman–Crippen MR) is 121 cm³/mol. The number of rotatable bonds is 8. The van der Waals surface area contributed by atoms with Gasteiger partial charge in [0.2, 0.25) is 11.9 Å². The van der Waals surface area contributed by atoms with E-state index in [1.54, 1.807) is 19.1 Å². The number of morpholine rings is 1. The Balaban J connectivity index is 1.54. The molecule has 2 amide bonds. The molecule has 1 aliphatic heterocycles. The van der Waals surface area contributed by atoms with Crippen LogP contribution < -0.4 is 30.8 Å². The lowest BCUT2D eigenvalue weighted by Crippen LogP contribution is -2.42. The summed E-state index contributed by atoms with van der Waals surface area (Å²) in [6.45, 7) is 6.53. The minimum Gasteiger partial charge on any atom is -0.493 e. The van der Waals surface area contributed by atoms with Crippen LogP contribution in [-0.4, -0.2) is 61.8 Å². The third kappa shape index (κ3) is 6.22. The molecule has 0 saturated carbocycles. The predicted octanol–water partition coefficient (Wildman–Crippen LogP) is 0.716. The Labute approximate surface area is 191 Å². The Bertz CT molecular complexity index is 1050. The summed E-state index contributed by atoms with van der Waals surface area (Å²) in [5, 5.41) is 0. The Morgan fingerprint density at radius 3 is 2.64 bits per heavy atom. The van der Waals surface area contributed by atoms with E-state index in [2.05, 4.69) is 20.8 Å². The van der Waals surface area contributed by atoms with Crippen molar-refractivity contribution in [3.63, 3.8) is 0 Å². The summed E-state index contributed by atoms with van der Waals surface area (Å²) in [4.78, 5) is 46.3. The van der Waals surface area contributed by atoms with Crippen molar-refractivity contribution in [2.75, 3.05) is 44.9 Å². The number of methoxy groups -OCH3 is 1. The Morgan fingerprint density at radius 1 is 1.21 bits per heavy atom. The number of benzene rings is 1. The van der Waals surface area contributed by atoms with E-state index in [0.29, 0.717) is 67.2 Å². The van der Waals surface area contributed by atoms with Gasteiger partial charge in [-0.05, 0) is 38.5 Å². The molecule has 1 saturated heterocycles. The molecule has 11 heteroatoms. The first-order valence-corrected chi connectivity index (χ1v) is 10.8. The van der Waals surface area contributed by atoms with E-state index in [1.165, 1.54) is 13.2 Å². The van der Waals surface area contributed by atoms with Crippen LogP contribution in [-0.2, 0) is 16.0 Å². The summed E-state index contributed by atoms with van der Waals surface area (Å²) in [5.74, 6) is 0.507. The van der Waals surface area contributed by atoms with Crippen molar-refractivity contribution in [2.24, 2.45) is 0 Å². The maximum Gasteiger partial charge on any atom is 0.269 e. The zero-order valence-corrected chi connectivity index (χ0v) is 19.0.